The summed E-state index contributed by atoms with van der Waals surface area (Å²) < 4.78 is 14.1. The lowest BCUT2D eigenvalue weighted by molar-refractivity contribution is 0.401. The van der Waals surface area contributed by atoms with Gasteiger partial charge in [0.05, 0.1) is 5.69 Å². The monoisotopic (exact) mass is 253 g/mol. The second-order valence-corrected chi connectivity index (χ2v) is 4.46. The van der Waals surface area contributed by atoms with Crippen molar-refractivity contribution in [3.63, 3.8) is 0 Å². The van der Waals surface area contributed by atoms with Crippen molar-refractivity contribution in [1.29, 1.82) is 0 Å². The van der Waals surface area contributed by atoms with Crippen LogP contribution in [0.15, 0.2) is 30.3 Å². The Hall–Kier alpha value is -1.62. The standard InChI is InChI=1S/C12H12FNO2S/c1-17-7-8-6-11(15)14(12(8)16)10-4-2-9(13)3-5-10/h2-6,15-16H,7H2,1H3. The molecule has 3 nitrogen and oxygen atoms in total. The Morgan fingerprint density at radius 2 is 1.88 bits per heavy atom. The largest absolute Gasteiger partial charge is 0.494 e. The Bertz CT molecular complexity index is 522. The molecule has 0 saturated carbocycles. The van der Waals surface area contributed by atoms with Gasteiger partial charge in [-0.15, -0.1) is 0 Å². The lowest BCUT2D eigenvalue weighted by Gasteiger charge is -2.06. The summed E-state index contributed by atoms with van der Waals surface area (Å²) in [4.78, 5) is 0. The highest BCUT2D eigenvalue weighted by Crippen LogP contribution is 2.33. The van der Waals surface area contributed by atoms with Crippen LogP contribution in [0.5, 0.6) is 11.8 Å². The predicted octanol–water partition coefficient (Wildman–Crippen LogP) is 2.89. The molecule has 0 aliphatic carbocycles. The van der Waals surface area contributed by atoms with Crippen molar-refractivity contribution in [2.45, 2.75) is 5.75 Å². The van der Waals surface area contributed by atoms with E-state index in [1.165, 1.54) is 34.9 Å². The SMILES string of the molecule is CSCc1cc(O)n(-c2ccc(F)cc2)c1O. The van der Waals surface area contributed by atoms with E-state index in [-0.39, 0.29) is 17.6 Å². The van der Waals surface area contributed by atoms with Crippen LogP contribution in [0.1, 0.15) is 5.56 Å². The number of rotatable bonds is 3. The Labute approximate surface area is 103 Å². The summed E-state index contributed by atoms with van der Waals surface area (Å²) in [5.41, 5.74) is 1.17. The first-order valence-corrected chi connectivity index (χ1v) is 6.40. The molecular weight excluding hydrogens is 241 g/mol. The van der Waals surface area contributed by atoms with Gasteiger partial charge < -0.3 is 10.2 Å². The van der Waals surface area contributed by atoms with Gasteiger partial charge in [0.2, 0.25) is 5.88 Å². The third-order valence-corrected chi connectivity index (χ3v) is 3.02. The lowest BCUT2D eigenvalue weighted by atomic mass is 10.3. The van der Waals surface area contributed by atoms with Crippen molar-refractivity contribution in [2.24, 2.45) is 0 Å². The van der Waals surface area contributed by atoms with Crippen molar-refractivity contribution >= 4 is 11.8 Å². The number of halogens is 1. The maximum Gasteiger partial charge on any atom is 0.202 e. The highest BCUT2D eigenvalue weighted by atomic mass is 32.2. The molecule has 0 aliphatic rings. The molecular formula is C12H12FNO2S. The van der Waals surface area contributed by atoms with E-state index in [0.717, 1.165) is 0 Å². The van der Waals surface area contributed by atoms with E-state index in [4.69, 9.17) is 0 Å². The molecule has 0 amide bonds. The summed E-state index contributed by atoms with van der Waals surface area (Å²) in [6.07, 6.45) is 1.91. The Kier molecular flexibility index (Phi) is 3.28. The smallest absolute Gasteiger partial charge is 0.202 e. The summed E-state index contributed by atoms with van der Waals surface area (Å²) in [6.45, 7) is 0. The average Bonchev–Trinajstić information content (AvgIpc) is 2.57. The highest BCUT2D eigenvalue weighted by molar-refractivity contribution is 7.97. The van der Waals surface area contributed by atoms with Crippen LogP contribution in [-0.4, -0.2) is 21.0 Å². The number of benzene rings is 1. The van der Waals surface area contributed by atoms with Crippen molar-refractivity contribution < 1.29 is 14.6 Å². The van der Waals surface area contributed by atoms with Gasteiger partial charge in [-0.05, 0) is 30.5 Å². The second kappa shape index (κ2) is 4.71. The highest BCUT2D eigenvalue weighted by Gasteiger charge is 2.14. The number of hydrogen-bond acceptors (Lipinski definition) is 3. The van der Waals surface area contributed by atoms with E-state index in [1.54, 1.807) is 11.8 Å². The average molecular weight is 253 g/mol. The maximum atomic E-state index is 12.8. The topological polar surface area (TPSA) is 45.4 Å². The molecule has 0 aliphatic heterocycles. The number of aromatic nitrogens is 1. The zero-order chi connectivity index (χ0) is 12.4. The van der Waals surface area contributed by atoms with Gasteiger partial charge in [-0.1, -0.05) is 0 Å². The van der Waals surface area contributed by atoms with E-state index < -0.39 is 0 Å². The Morgan fingerprint density at radius 1 is 1.24 bits per heavy atom. The molecule has 0 fully saturated rings. The molecule has 2 rings (SSSR count). The van der Waals surface area contributed by atoms with Crippen LogP contribution in [0, 0.1) is 5.82 Å². The molecule has 0 unspecified atom stereocenters. The molecule has 1 heterocycles. The third kappa shape index (κ3) is 2.24. The fourth-order valence-electron chi connectivity index (χ4n) is 1.64. The third-order valence-electron chi connectivity index (χ3n) is 2.42. The number of aromatic hydroxyl groups is 2. The molecule has 5 heteroatoms. The fourth-order valence-corrected chi connectivity index (χ4v) is 2.17. The normalized spacial score (nSPS) is 10.7. The number of hydrogen-bond donors (Lipinski definition) is 2. The van der Waals surface area contributed by atoms with Crippen molar-refractivity contribution in [3.8, 4) is 17.4 Å². The van der Waals surface area contributed by atoms with Crippen molar-refractivity contribution in [2.75, 3.05) is 6.26 Å². The Balaban J connectivity index is 2.48. The molecule has 0 bridgehead atoms. The van der Waals surface area contributed by atoms with Gasteiger partial charge in [0, 0.05) is 17.4 Å². The Morgan fingerprint density at radius 3 is 2.47 bits per heavy atom. The molecule has 0 saturated heterocycles. The maximum absolute atomic E-state index is 12.8. The molecule has 2 aromatic rings. The van der Waals surface area contributed by atoms with E-state index in [9.17, 15) is 14.6 Å². The minimum absolute atomic E-state index is 0.0107. The van der Waals surface area contributed by atoms with Crippen LogP contribution in [-0.2, 0) is 5.75 Å². The van der Waals surface area contributed by atoms with Crippen molar-refractivity contribution in [1.82, 2.24) is 4.57 Å². The molecule has 0 atom stereocenters. The van der Waals surface area contributed by atoms with Gasteiger partial charge in [0.15, 0.2) is 5.88 Å². The minimum atomic E-state index is -0.357. The first-order valence-electron chi connectivity index (χ1n) is 5.01. The van der Waals surface area contributed by atoms with E-state index in [2.05, 4.69) is 0 Å². The van der Waals surface area contributed by atoms with Gasteiger partial charge in [0.1, 0.15) is 5.82 Å². The first kappa shape index (κ1) is 11.9. The predicted molar refractivity (Wildman–Crippen MR) is 66.3 cm³/mol. The summed E-state index contributed by atoms with van der Waals surface area (Å²) in [5.74, 6) is 0.180. The zero-order valence-electron chi connectivity index (χ0n) is 9.22. The summed E-state index contributed by atoms with van der Waals surface area (Å²) in [7, 11) is 0. The van der Waals surface area contributed by atoms with Crippen molar-refractivity contribution in [3.05, 3.63) is 41.7 Å². The van der Waals surface area contributed by atoms with Gasteiger partial charge in [-0.3, -0.25) is 4.57 Å². The summed E-state index contributed by atoms with van der Waals surface area (Å²) >= 11 is 1.54. The van der Waals surface area contributed by atoms with E-state index >= 15 is 0 Å². The molecule has 2 N–H and O–H groups in total. The molecule has 0 radical (unpaired) electrons. The summed E-state index contributed by atoms with van der Waals surface area (Å²) in [5, 5.41) is 19.7. The van der Waals surface area contributed by atoms with E-state index in [1.807, 2.05) is 6.26 Å². The minimum Gasteiger partial charge on any atom is -0.494 e. The van der Waals surface area contributed by atoms with Crippen LogP contribution in [0.3, 0.4) is 0 Å². The van der Waals surface area contributed by atoms with Gasteiger partial charge in [-0.25, -0.2) is 4.39 Å². The van der Waals surface area contributed by atoms with Crippen LogP contribution in [0.2, 0.25) is 0 Å². The molecule has 1 aromatic carbocycles. The van der Waals surface area contributed by atoms with Gasteiger partial charge in [0.25, 0.3) is 0 Å². The van der Waals surface area contributed by atoms with Crippen LogP contribution >= 0.6 is 11.8 Å². The second-order valence-electron chi connectivity index (χ2n) is 3.60. The zero-order valence-corrected chi connectivity index (χ0v) is 10.0. The van der Waals surface area contributed by atoms with Crippen LogP contribution in [0.4, 0.5) is 4.39 Å². The fraction of sp³-hybridized carbons (Fsp3) is 0.167. The number of thioether (sulfide) groups is 1. The summed E-state index contributed by atoms with van der Waals surface area (Å²) in [6, 6.07) is 7.06. The molecule has 1 aromatic heterocycles. The number of nitrogens with zero attached hydrogens (tertiary/aromatic N) is 1. The first-order chi connectivity index (χ1) is 8.13. The van der Waals surface area contributed by atoms with Gasteiger partial charge in [-0.2, -0.15) is 11.8 Å². The van der Waals surface area contributed by atoms with Gasteiger partial charge >= 0.3 is 0 Å². The van der Waals surface area contributed by atoms with Crippen LogP contribution in [0.25, 0.3) is 5.69 Å². The molecule has 17 heavy (non-hydrogen) atoms. The molecule has 0 spiro atoms. The molecule has 90 valence electrons. The lowest BCUT2D eigenvalue weighted by Crippen LogP contribution is -1.93. The quantitative estimate of drug-likeness (QED) is 0.884. The van der Waals surface area contributed by atoms with Crippen LogP contribution < -0.4 is 0 Å². The van der Waals surface area contributed by atoms with E-state index in [0.29, 0.717) is 17.0 Å².